The van der Waals surface area contributed by atoms with Gasteiger partial charge in [-0.1, -0.05) is 20.8 Å². The van der Waals surface area contributed by atoms with Gasteiger partial charge in [-0.15, -0.1) is 0 Å². The second-order valence-electron chi connectivity index (χ2n) is 6.77. The Kier molecular flexibility index (Phi) is 5.73. The molecule has 0 radical (unpaired) electrons. The molecule has 1 aromatic heterocycles. The smallest absolute Gasteiger partial charge is 0.222 e. The molecule has 1 aliphatic heterocycles. The quantitative estimate of drug-likeness (QED) is 0.848. The Morgan fingerprint density at radius 1 is 1.52 bits per heavy atom. The molecule has 0 aromatic carbocycles. The molecule has 1 fully saturated rings. The van der Waals surface area contributed by atoms with Gasteiger partial charge in [0.1, 0.15) is 0 Å². The first-order chi connectivity index (χ1) is 9.96. The van der Waals surface area contributed by atoms with Crippen LogP contribution in [0.5, 0.6) is 0 Å². The number of piperidine rings is 1. The number of amides is 1. The van der Waals surface area contributed by atoms with Gasteiger partial charge in [-0.05, 0) is 30.6 Å². The van der Waals surface area contributed by atoms with E-state index < -0.39 is 0 Å². The van der Waals surface area contributed by atoms with Crippen molar-refractivity contribution in [3.05, 3.63) is 18.0 Å². The Balaban J connectivity index is 1.74. The Labute approximate surface area is 132 Å². The van der Waals surface area contributed by atoms with E-state index in [1.165, 1.54) is 5.56 Å². The van der Waals surface area contributed by atoms with Gasteiger partial charge in [-0.3, -0.25) is 9.89 Å². The number of carbonyl (C=O) groups is 1. The van der Waals surface area contributed by atoms with Crippen LogP contribution in [-0.4, -0.2) is 44.6 Å². The lowest BCUT2D eigenvalue weighted by Crippen LogP contribution is -2.39. The van der Waals surface area contributed by atoms with Crippen molar-refractivity contribution in [3.63, 3.8) is 0 Å². The summed E-state index contributed by atoms with van der Waals surface area (Å²) >= 11 is 1.94. The van der Waals surface area contributed by atoms with E-state index in [4.69, 9.17) is 0 Å². The molecule has 1 N–H and O–H groups in total. The first-order valence-corrected chi connectivity index (χ1v) is 8.85. The van der Waals surface area contributed by atoms with E-state index in [9.17, 15) is 4.79 Å². The number of carbonyl (C=O) groups excluding carboxylic acids is 1. The standard InChI is InChI=1S/C16H27N3OS/c1-16(2,3)21-9-5-7-15(20)19-8-4-6-13(12-19)14-10-17-18-11-14/h10-11,13H,4-9,12H2,1-3H3,(H,17,18). The number of H-pyrrole nitrogens is 1. The third-order valence-corrected chi connectivity index (χ3v) is 5.19. The number of likely N-dealkylation sites (tertiary alicyclic amines) is 1. The molecule has 118 valence electrons. The van der Waals surface area contributed by atoms with E-state index in [-0.39, 0.29) is 0 Å². The van der Waals surface area contributed by atoms with E-state index >= 15 is 0 Å². The zero-order valence-corrected chi connectivity index (χ0v) is 14.2. The highest BCUT2D eigenvalue weighted by molar-refractivity contribution is 8.00. The molecular weight excluding hydrogens is 282 g/mol. The van der Waals surface area contributed by atoms with Crippen LogP contribution < -0.4 is 0 Å². The van der Waals surface area contributed by atoms with Crippen molar-refractivity contribution >= 4 is 17.7 Å². The van der Waals surface area contributed by atoms with Gasteiger partial charge in [0.15, 0.2) is 0 Å². The minimum Gasteiger partial charge on any atom is -0.342 e. The fourth-order valence-corrected chi connectivity index (χ4v) is 3.62. The summed E-state index contributed by atoms with van der Waals surface area (Å²) in [7, 11) is 0. The summed E-state index contributed by atoms with van der Waals surface area (Å²) in [4.78, 5) is 14.4. The van der Waals surface area contributed by atoms with Crippen LogP contribution in [0.2, 0.25) is 0 Å². The number of thioether (sulfide) groups is 1. The molecular formula is C16H27N3OS. The average molecular weight is 309 g/mol. The summed E-state index contributed by atoms with van der Waals surface area (Å²) in [5.41, 5.74) is 1.23. The molecule has 1 amide bonds. The Morgan fingerprint density at radius 2 is 2.33 bits per heavy atom. The van der Waals surface area contributed by atoms with Crippen molar-refractivity contribution in [2.24, 2.45) is 0 Å². The van der Waals surface area contributed by atoms with Gasteiger partial charge >= 0.3 is 0 Å². The van der Waals surface area contributed by atoms with E-state index in [0.717, 1.165) is 38.1 Å². The molecule has 0 spiro atoms. The zero-order chi connectivity index (χ0) is 15.3. The van der Waals surface area contributed by atoms with Gasteiger partial charge in [0.25, 0.3) is 0 Å². The van der Waals surface area contributed by atoms with E-state index in [2.05, 4.69) is 31.0 Å². The van der Waals surface area contributed by atoms with Crippen LogP contribution in [-0.2, 0) is 4.79 Å². The number of nitrogens with one attached hydrogen (secondary N) is 1. The van der Waals surface area contributed by atoms with Gasteiger partial charge in [0.2, 0.25) is 5.91 Å². The van der Waals surface area contributed by atoms with Crippen molar-refractivity contribution in [1.82, 2.24) is 15.1 Å². The van der Waals surface area contributed by atoms with Gasteiger partial charge in [0, 0.05) is 36.4 Å². The van der Waals surface area contributed by atoms with Crippen LogP contribution in [0.15, 0.2) is 12.4 Å². The van der Waals surface area contributed by atoms with Crippen LogP contribution in [0.4, 0.5) is 0 Å². The second-order valence-corrected chi connectivity index (χ2v) is 8.70. The molecule has 1 atom stereocenters. The molecule has 4 nitrogen and oxygen atoms in total. The predicted octanol–water partition coefficient (Wildman–Crippen LogP) is 3.43. The molecule has 1 saturated heterocycles. The highest BCUT2D eigenvalue weighted by Gasteiger charge is 2.25. The molecule has 5 heteroatoms. The summed E-state index contributed by atoms with van der Waals surface area (Å²) in [5, 5.41) is 6.89. The molecule has 1 unspecified atom stereocenters. The first-order valence-electron chi connectivity index (χ1n) is 7.86. The minimum absolute atomic E-state index is 0.292. The van der Waals surface area contributed by atoms with Crippen LogP contribution in [0, 0.1) is 0 Å². The molecule has 1 aliphatic rings. The molecule has 1 aromatic rings. The SMILES string of the molecule is CC(C)(C)SCCCC(=O)N1CCCC(c2cn[nH]c2)C1. The molecule has 2 rings (SSSR count). The fourth-order valence-electron chi connectivity index (χ4n) is 2.72. The molecule has 0 saturated carbocycles. The zero-order valence-electron chi connectivity index (χ0n) is 13.4. The van der Waals surface area contributed by atoms with Crippen LogP contribution in [0.25, 0.3) is 0 Å². The summed E-state index contributed by atoms with van der Waals surface area (Å²) in [6.07, 6.45) is 7.76. The normalized spacial score (nSPS) is 19.8. The highest BCUT2D eigenvalue weighted by Crippen LogP contribution is 2.27. The predicted molar refractivity (Wildman–Crippen MR) is 88.6 cm³/mol. The maximum atomic E-state index is 12.3. The van der Waals surface area contributed by atoms with Gasteiger partial charge in [0.05, 0.1) is 6.20 Å². The maximum Gasteiger partial charge on any atom is 0.222 e. The summed E-state index contributed by atoms with van der Waals surface area (Å²) in [6.45, 7) is 8.43. The number of rotatable bonds is 5. The number of nitrogens with zero attached hydrogens (tertiary/aromatic N) is 2. The van der Waals surface area contributed by atoms with Crippen molar-refractivity contribution < 1.29 is 4.79 Å². The van der Waals surface area contributed by atoms with E-state index in [1.54, 1.807) is 0 Å². The summed E-state index contributed by atoms with van der Waals surface area (Å²) in [6, 6.07) is 0. The van der Waals surface area contributed by atoms with E-state index in [1.807, 2.05) is 29.1 Å². The van der Waals surface area contributed by atoms with E-state index in [0.29, 0.717) is 23.0 Å². The minimum atomic E-state index is 0.292. The summed E-state index contributed by atoms with van der Waals surface area (Å²) < 4.78 is 0.292. The van der Waals surface area contributed by atoms with Crippen molar-refractivity contribution in [3.8, 4) is 0 Å². The maximum absolute atomic E-state index is 12.3. The lowest BCUT2D eigenvalue weighted by molar-refractivity contribution is -0.132. The molecule has 2 heterocycles. The largest absolute Gasteiger partial charge is 0.342 e. The monoisotopic (exact) mass is 309 g/mol. The topological polar surface area (TPSA) is 49.0 Å². The average Bonchev–Trinajstić information content (AvgIpc) is 2.96. The van der Waals surface area contributed by atoms with Crippen LogP contribution in [0.1, 0.15) is 57.9 Å². The third-order valence-electron chi connectivity index (χ3n) is 3.83. The van der Waals surface area contributed by atoms with Gasteiger partial charge in [-0.2, -0.15) is 16.9 Å². The Hall–Kier alpha value is -0.970. The first kappa shape index (κ1) is 16.4. The number of hydrogen-bond donors (Lipinski definition) is 1. The van der Waals surface area contributed by atoms with Crippen LogP contribution in [0.3, 0.4) is 0 Å². The fraction of sp³-hybridized carbons (Fsp3) is 0.750. The lowest BCUT2D eigenvalue weighted by Gasteiger charge is -2.32. The summed E-state index contributed by atoms with van der Waals surface area (Å²) in [5.74, 6) is 1.83. The number of aromatic nitrogens is 2. The molecule has 0 bridgehead atoms. The second kappa shape index (κ2) is 7.34. The molecule has 0 aliphatic carbocycles. The van der Waals surface area contributed by atoms with Crippen molar-refractivity contribution in [2.75, 3.05) is 18.8 Å². The van der Waals surface area contributed by atoms with Crippen molar-refractivity contribution in [2.45, 2.75) is 57.1 Å². The van der Waals surface area contributed by atoms with Crippen LogP contribution >= 0.6 is 11.8 Å². The molecule has 21 heavy (non-hydrogen) atoms. The number of hydrogen-bond acceptors (Lipinski definition) is 3. The highest BCUT2D eigenvalue weighted by atomic mass is 32.2. The lowest BCUT2D eigenvalue weighted by atomic mass is 9.92. The van der Waals surface area contributed by atoms with Gasteiger partial charge in [-0.25, -0.2) is 0 Å². The van der Waals surface area contributed by atoms with Gasteiger partial charge < -0.3 is 4.90 Å². The Bertz CT molecular complexity index is 439. The third kappa shape index (κ3) is 5.38. The number of aromatic amines is 1. The Morgan fingerprint density at radius 3 is 3.00 bits per heavy atom. The van der Waals surface area contributed by atoms with Crippen molar-refractivity contribution in [1.29, 1.82) is 0 Å².